The van der Waals surface area contributed by atoms with Gasteiger partial charge >= 0.3 is 0 Å². The highest BCUT2D eigenvalue weighted by Crippen LogP contribution is 2.21. The number of aromatic nitrogens is 6. The van der Waals surface area contributed by atoms with E-state index in [2.05, 4.69) is 24.9 Å². The predicted molar refractivity (Wildman–Crippen MR) is 79.0 cm³/mol. The van der Waals surface area contributed by atoms with Crippen molar-refractivity contribution in [3.8, 4) is 0 Å². The molecule has 10 heteroatoms. The smallest absolute Gasteiger partial charge is 0.267 e. The second kappa shape index (κ2) is 5.05. The molecule has 0 radical (unpaired) electrons. The SMILES string of the molecule is CCn1nc(C)c(S(=O)(=O)Nc2nc3ncccn3n2)c1C. The monoisotopic (exact) mass is 321 g/mol. The van der Waals surface area contributed by atoms with Gasteiger partial charge in [-0.1, -0.05) is 0 Å². The molecule has 0 unspecified atom stereocenters. The molecule has 0 bridgehead atoms. The van der Waals surface area contributed by atoms with E-state index in [4.69, 9.17) is 0 Å². The summed E-state index contributed by atoms with van der Waals surface area (Å²) in [6, 6.07) is 1.68. The van der Waals surface area contributed by atoms with Crippen molar-refractivity contribution in [2.45, 2.75) is 32.2 Å². The van der Waals surface area contributed by atoms with Crippen LogP contribution < -0.4 is 4.72 Å². The van der Waals surface area contributed by atoms with Crippen LogP contribution in [0.4, 0.5) is 5.95 Å². The van der Waals surface area contributed by atoms with Crippen molar-refractivity contribution in [2.75, 3.05) is 4.72 Å². The van der Waals surface area contributed by atoms with Gasteiger partial charge in [0.05, 0.1) is 11.4 Å². The Bertz CT molecular complexity index is 909. The molecular formula is C12H15N7O2S. The summed E-state index contributed by atoms with van der Waals surface area (Å²) in [6.07, 6.45) is 3.20. The lowest BCUT2D eigenvalue weighted by Gasteiger charge is -2.05. The highest BCUT2D eigenvalue weighted by atomic mass is 32.2. The summed E-state index contributed by atoms with van der Waals surface area (Å²) >= 11 is 0. The lowest BCUT2D eigenvalue weighted by atomic mass is 10.4. The van der Waals surface area contributed by atoms with Crippen LogP contribution in [0.1, 0.15) is 18.3 Å². The Morgan fingerprint density at radius 2 is 2.05 bits per heavy atom. The number of sulfonamides is 1. The molecule has 1 N–H and O–H groups in total. The molecule has 0 amide bonds. The number of hydrogen-bond acceptors (Lipinski definition) is 6. The Morgan fingerprint density at radius 1 is 1.27 bits per heavy atom. The molecule has 0 saturated carbocycles. The molecule has 22 heavy (non-hydrogen) atoms. The zero-order chi connectivity index (χ0) is 15.9. The van der Waals surface area contributed by atoms with Crippen LogP contribution in [0.3, 0.4) is 0 Å². The third-order valence-corrected chi connectivity index (χ3v) is 4.81. The van der Waals surface area contributed by atoms with Crippen LogP contribution in [0.5, 0.6) is 0 Å². The van der Waals surface area contributed by atoms with Crippen molar-refractivity contribution >= 4 is 21.7 Å². The third-order valence-electron chi connectivity index (χ3n) is 3.23. The van der Waals surface area contributed by atoms with Crippen molar-refractivity contribution in [3.05, 3.63) is 29.8 Å². The lowest BCUT2D eigenvalue weighted by molar-refractivity contribution is 0.598. The van der Waals surface area contributed by atoms with Crippen molar-refractivity contribution in [1.82, 2.24) is 29.4 Å². The van der Waals surface area contributed by atoms with E-state index >= 15 is 0 Å². The average molecular weight is 321 g/mol. The van der Waals surface area contributed by atoms with Gasteiger partial charge in [-0.2, -0.15) is 10.1 Å². The quantitative estimate of drug-likeness (QED) is 0.760. The second-order valence-corrected chi connectivity index (χ2v) is 6.34. The fourth-order valence-electron chi connectivity index (χ4n) is 2.32. The van der Waals surface area contributed by atoms with E-state index in [1.54, 1.807) is 37.0 Å². The van der Waals surface area contributed by atoms with Gasteiger partial charge < -0.3 is 0 Å². The Morgan fingerprint density at radius 3 is 2.68 bits per heavy atom. The summed E-state index contributed by atoms with van der Waals surface area (Å²) in [5.74, 6) is 0.291. The third kappa shape index (κ3) is 2.30. The molecular weight excluding hydrogens is 306 g/mol. The maximum Gasteiger partial charge on any atom is 0.267 e. The number of fused-ring (bicyclic) bond motifs is 1. The Balaban J connectivity index is 2.02. The van der Waals surface area contributed by atoms with Gasteiger partial charge in [0.15, 0.2) is 0 Å². The largest absolute Gasteiger partial charge is 0.268 e. The Hall–Kier alpha value is -2.49. The summed E-state index contributed by atoms with van der Waals surface area (Å²) in [6.45, 7) is 5.88. The molecule has 3 heterocycles. The van der Waals surface area contributed by atoms with Crippen LogP contribution in [-0.2, 0) is 16.6 Å². The van der Waals surface area contributed by atoms with Gasteiger partial charge in [0.25, 0.3) is 21.7 Å². The van der Waals surface area contributed by atoms with Gasteiger partial charge in [-0.15, -0.1) is 5.10 Å². The van der Waals surface area contributed by atoms with Crippen molar-refractivity contribution in [3.63, 3.8) is 0 Å². The minimum absolute atomic E-state index is 0.0262. The zero-order valence-corrected chi connectivity index (χ0v) is 13.2. The molecule has 0 aliphatic rings. The molecule has 3 aromatic heterocycles. The maximum absolute atomic E-state index is 12.6. The highest BCUT2D eigenvalue weighted by Gasteiger charge is 2.25. The number of rotatable bonds is 4. The van der Waals surface area contributed by atoms with Crippen LogP contribution in [0.25, 0.3) is 5.78 Å². The van der Waals surface area contributed by atoms with Gasteiger partial charge in [0.2, 0.25) is 0 Å². The standard InChI is InChI=1S/C12H15N7O2S/c1-4-18-9(3)10(8(2)15-18)22(20,21)17-11-14-12-13-6-5-7-19(12)16-11/h5-7H,4H2,1-3H3,(H,16,17). The highest BCUT2D eigenvalue weighted by molar-refractivity contribution is 7.92. The van der Waals surface area contributed by atoms with Crippen molar-refractivity contribution in [2.24, 2.45) is 0 Å². The van der Waals surface area contributed by atoms with Gasteiger partial charge in [-0.05, 0) is 26.8 Å². The van der Waals surface area contributed by atoms with E-state index in [0.29, 0.717) is 23.7 Å². The second-order valence-electron chi connectivity index (χ2n) is 4.72. The fraction of sp³-hybridized carbons (Fsp3) is 0.333. The summed E-state index contributed by atoms with van der Waals surface area (Å²) < 4.78 is 30.6. The molecule has 3 rings (SSSR count). The summed E-state index contributed by atoms with van der Waals surface area (Å²) in [5.41, 5.74) is 1.02. The topological polar surface area (TPSA) is 107 Å². The van der Waals surface area contributed by atoms with Gasteiger partial charge in [-0.25, -0.2) is 22.6 Å². The number of hydrogen-bond donors (Lipinski definition) is 1. The van der Waals surface area contributed by atoms with E-state index in [1.807, 2.05) is 6.92 Å². The molecule has 3 aromatic rings. The minimum atomic E-state index is -3.81. The average Bonchev–Trinajstić information content (AvgIpc) is 2.97. The Labute approximate surface area is 127 Å². The van der Waals surface area contributed by atoms with E-state index in [0.717, 1.165) is 0 Å². The van der Waals surface area contributed by atoms with Crippen molar-refractivity contribution in [1.29, 1.82) is 0 Å². The van der Waals surface area contributed by atoms with Crippen LogP contribution in [0, 0.1) is 13.8 Å². The molecule has 0 fully saturated rings. The lowest BCUT2D eigenvalue weighted by Crippen LogP contribution is -2.16. The molecule has 0 atom stereocenters. The predicted octanol–water partition coefficient (Wildman–Crippen LogP) is 0.758. The summed E-state index contributed by atoms with van der Waals surface area (Å²) in [5, 5.41) is 8.25. The molecule has 0 aromatic carbocycles. The number of nitrogens with zero attached hydrogens (tertiary/aromatic N) is 6. The first kappa shape index (κ1) is 14.4. The number of nitrogens with one attached hydrogen (secondary N) is 1. The van der Waals surface area contributed by atoms with Crippen LogP contribution in [-0.4, -0.2) is 37.8 Å². The minimum Gasteiger partial charge on any atom is -0.268 e. The maximum atomic E-state index is 12.6. The molecule has 9 nitrogen and oxygen atoms in total. The molecule has 0 saturated heterocycles. The normalized spacial score (nSPS) is 12.0. The first-order valence-corrected chi connectivity index (χ1v) is 8.15. The molecule has 0 aliphatic heterocycles. The fourth-order valence-corrected chi connectivity index (χ4v) is 3.68. The van der Waals surface area contributed by atoms with Crippen molar-refractivity contribution < 1.29 is 8.42 Å². The van der Waals surface area contributed by atoms with E-state index in [9.17, 15) is 8.42 Å². The van der Waals surface area contributed by atoms with Gasteiger partial charge in [-0.3, -0.25) is 4.68 Å². The Kier molecular flexibility index (Phi) is 3.32. The summed E-state index contributed by atoms with van der Waals surface area (Å²) in [7, 11) is -3.81. The number of aryl methyl sites for hydroxylation is 2. The summed E-state index contributed by atoms with van der Waals surface area (Å²) in [4.78, 5) is 8.18. The van der Waals surface area contributed by atoms with Gasteiger partial charge in [0, 0.05) is 18.9 Å². The first-order chi connectivity index (χ1) is 10.4. The van der Waals surface area contributed by atoms with Crippen LogP contribution >= 0.6 is 0 Å². The van der Waals surface area contributed by atoms with Crippen LogP contribution in [0.15, 0.2) is 23.4 Å². The van der Waals surface area contributed by atoms with E-state index < -0.39 is 10.0 Å². The molecule has 0 spiro atoms. The first-order valence-electron chi connectivity index (χ1n) is 6.66. The van der Waals surface area contributed by atoms with Crippen LogP contribution in [0.2, 0.25) is 0 Å². The van der Waals surface area contributed by atoms with Gasteiger partial charge in [0.1, 0.15) is 4.90 Å². The molecule has 0 aliphatic carbocycles. The molecule has 116 valence electrons. The number of anilines is 1. The zero-order valence-electron chi connectivity index (χ0n) is 12.3. The van der Waals surface area contributed by atoms with E-state index in [-0.39, 0.29) is 10.8 Å². The van der Waals surface area contributed by atoms with E-state index in [1.165, 1.54) is 4.52 Å².